The fraction of sp³-hybridized carbons (Fsp3) is 0.632. The number of nitrogens with zero attached hydrogens (tertiary/aromatic N) is 2. The molecule has 1 aliphatic rings. The molecule has 1 aromatic carbocycles. The van der Waals surface area contributed by atoms with Crippen molar-refractivity contribution in [1.29, 1.82) is 0 Å². The Hall–Kier alpha value is -0.610. The van der Waals surface area contributed by atoms with Crippen molar-refractivity contribution in [1.82, 2.24) is 9.80 Å². The predicted octanol–water partition coefficient (Wildman–Crippen LogP) is 4.16. The van der Waals surface area contributed by atoms with Gasteiger partial charge in [-0.05, 0) is 19.8 Å². The van der Waals surface area contributed by atoms with Gasteiger partial charge in [0.2, 0.25) is 0 Å². The molecule has 0 unspecified atom stereocenters. The van der Waals surface area contributed by atoms with Crippen molar-refractivity contribution in [3.8, 4) is 0 Å². The first kappa shape index (κ1) is 23.4. The van der Waals surface area contributed by atoms with E-state index < -0.39 is 0 Å². The SMILES string of the molecule is CC(C)CN1CCN(C(C)(C)CC(=O)c2ccccc2)CC1.Cl.Cl. The van der Waals surface area contributed by atoms with Gasteiger partial charge in [-0.15, -0.1) is 24.8 Å². The molecule has 2 rings (SSSR count). The smallest absolute Gasteiger partial charge is 0.164 e. The number of benzene rings is 1. The minimum Gasteiger partial charge on any atom is -0.301 e. The molecule has 0 N–H and O–H groups in total. The number of piperazine rings is 1. The number of carbonyl (C=O) groups is 1. The Balaban J connectivity index is 0.00000264. The fourth-order valence-electron chi connectivity index (χ4n) is 3.28. The van der Waals surface area contributed by atoms with Crippen LogP contribution < -0.4 is 0 Å². The van der Waals surface area contributed by atoms with E-state index in [1.165, 1.54) is 6.54 Å². The summed E-state index contributed by atoms with van der Waals surface area (Å²) in [4.78, 5) is 17.5. The predicted molar refractivity (Wildman–Crippen MR) is 107 cm³/mol. The number of carbonyl (C=O) groups excluding carboxylic acids is 1. The van der Waals surface area contributed by atoms with Crippen LogP contribution in [0.15, 0.2) is 30.3 Å². The van der Waals surface area contributed by atoms with Crippen molar-refractivity contribution in [2.45, 2.75) is 39.7 Å². The third kappa shape index (κ3) is 6.72. The molecule has 0 amide bonds. The van der Waals surface area contributed by atoms with Crippen LogP contribution in [0.4, 0.5) is 0 Å². The van der Waals surface area contributed by atoms with Crippen LogP contribution in [0, 0.1) is 5.92 Å². The number of ketones is 1. The lowest BCUT2D eigenvalue weighted by Crippen LogP contribution is -2.55. The molecule has 1 heterocycles. The molecule has 1 aromatic rings. The summed E-state index contributed by atoms with van der Waals surface area (Å²) in [5.41, 5.74) is 0.755. The van der Waals surface area contributed by atoms with Crippen LogP contribution in [0.5, 0.6) is 0 Å². The second-order valence-corrected chi connectivity index (χ2v) is 7.46. The molecule has 0 atom stereocenters. The van der Waals surface area contributed by atoms with Crippen molar-refractivity contribution >= 4 is 30.6 Å². The summed E-state index contributed by atoms with van der Waals surface area (Å²) in [5.74, 6) is 0.967. The average Bonchev–Trinajstić information content (AvgIpc) is 2.47. The van der Waals surface area contributed by atoms with Crippen LogP contribution in [0.25, 0.3) is 0 Å². The lowest BCUT2D eigenvalue weighted by atomic mass is 9.91. The van der Waals surface area contributed by atoms with Crippen LogP contribution in [-0.2, 0) is 0 Å². The van der Waals surface area contributed by atoms with E-state index in [9.17, 15) is 4.79 Å². The second-order valence-electron chi connectivity index (χ2n) is 7.46. The van der Waals surface area contributed by atoms with E-state index in [2.05, 4.69) is 37.5 Å². The standard InChI is InChI=1S/C19H30N2O.2ClH/c1-16(2)15-20-10-12-21(13-11-20)19(3,4)14-18(22)17-8-6-5-7-9-17;;/h5-9,16H,10-15H2,1-4H3;2*1H. The van der Waals surface area contributed by atoms with Crippen LogP contribution in [0.2, 0.25) is 0 Å². The zero-order chi connectivity index (χ0) is 16.2. The summed E-state index contributed by atoms with van der Waals surface area (Å²) < 4.78 is 0. The molecular formula is C19H32Cl2N2O. The van der Waals surface area contributed by atoms with Gasteiger partial charge in [-0.2, -0.15) is 0 Å². The lowest BCUT2D eigenvalue weighted by molar-refractivity contribution is 0.0411. The molecule has 0 saturated carbocycles. The quantitative estimate of drug-likeness (QED) is 0.698. The van der Waals surface area contributed by atoms with Crippen molar-refractivity contribution < 1.29 is 4.79 Å². The van der Waals surface area contributed by atoms with Gasteiger partial charge in [0.05, 0.1) is 0 Å². The van der Waals surface area contributed by atoms with E-state index >= 15 is 0 Å². The minimum absolute atomic E-state index is 0. The molecule has 1 fully saturated rings. The van der Waals surface area contributed by atoms with E-state index in [0.29, 0.717) is 6.42 Å². The van der Waals surface area contributed by atoms with Crippen LogP contribution >= 0.6 is 24.8 Å². The summed E-state index contributed by atoms with van der Waals surface area (Å²) in [7, 11) is 0. The highest BCUT2D eigenvalue weighted by Crippen LogP contribution is 2.23. The Morgan fingerprint density at radius 3 is 2.08 bits per heavy atom. The Labute approximate surface area is 159 Å². The maximum Gasteiger partial charge on any atom is 0.164 e. The van der Waals surface area contributed by atoms with E-state index in [4.69, 9.17) is 0 Å². The van der Waals surface area contributed by atoms with Crippen molar-refractivity contribution in [2.75, 3.05) is 32.7 Å². The molecule has 0 bridgehead atoms. The van der Waals surface area contributed by atoms with Crippen molar-refractivity contribution in [3.63, 3.8) is 0 Å². The third-order valence-electron chi connectivity index (χ3n) is 4.54. The lowest BCUT2D eigenvalue weighted by Gasteiger charge is -2.44. The maximum absolute atomic E-state index is 12.5. The summed E-state index contributed by atoms with van der Waals surface area (Å²) in [5, 5.41) is 0. The first-order valence-electron chi connectivity index (χ1n) is 8.44. The first-order chi connectivity index (χ1) is 10.4. The minimum atomic E-state index is -0.0726. The van der Waals surface area contributed by atoms with Gasteiger partial charge in [0, 0.05) is 50.2 Å². The number of Topliss-reactive ketones (excluding diaryl/α,β-unsaturated/α-hetero) is 1. The molecule has 138 valence electrons. The number of halogens is 2. The van der Waals surface area contributed by atoms with Crippen molar-refractivity contribution in [2.24, 2.45) is 5.92 Å². The number of rotatable bonds is 6. The van der Waals surface area contributed by atoms with Gasteiger partial charge in [-0.25, -0.2) is 0 Å². The molecule has 24 heavy (non-hydrogen) atoms. The zero-order valence-corrected chi connectivity index (χ0v) is 17.0. The molecule has 0 radical (unpaired) electrons. The van der Waals surface area contributed by atoms with Crippen LogP contribution in [0.3, 0.4) is 0 Å². The molecular weight excluding hydrogens is 343 g/mol. The average molecular weight is 375 g/mol. The molecule has 0 aromatic heterocycles. The maximum atomic E-state index is 12.5. The highest BCUT2D eigenvalue weighted by atomic mass is 35.5. The Morgan fingerprint density at radius 1 is 1.04 bits per heavy atom. The van der Waals surface area contributed by atoms with Gasteiger partial charge in [-0.1, -0.05) is 44.2 Å². The summed E-state index contributed by atoms with van der Waals surface area (Å²) in [6, 6.07) is 9.66. The molecule has 0 spiro atoms. The first-order valence-corrected chi connectivity index (χ1v) is 8.44. The topological polar surface area (TPSA) is 23.6 Å². The third-order valence-corrected chi connectivity index (χ3v) is 4.54. The Bertz CT molecular complexity index is 483. The molecule has 1 saturated heterocycles. The van der Waals surface area contributed by atoms with E-state index in [0.717, 1.165) is 37.7 Å². The van der Waals surface area contributed by atoms with Gasteiger partial charge in [0.15, 0.2) is 5.78 Å². The highest BCUT2D eigenvalue weighted by Gasteiger charge is 2.32. The number of hydrogen-bond acceptors (Lipinski definition) is 3. The Morgan fingerprint density at radius 2 is 1.58 bits per heavy atom. The van der Waals surface area contributed by atoms with Gasteiger partial charge in [-0.3, -0.25) is 9.69 Å². The second kappa shape index (κ2) is 10.4. The monoisotopic (exact) mass is 374 g/mol. The van der Waals surface area contributed by atoms with Gasteiger partial charge >= 0.3 is 0 Å². The molecule has 3 nitrogen and oxygen atoms in total. The van der Waals surface area contributed by atoms with Crippen LogP contribution in [0.1, 0.15) is 44.5 Å². The summed E-state index contributed by atoms with van der Waals surface area (Å²) >= 11 is 0. The summed E-state index contributed by atoms with van der Waals surface area (Å²) in [6.07, 6.45) is 0.585. The normalized spacial score (nSPS) is 16.4. The van der Waals surface area contributed by atoms with E-state index in [1.807, 2.05) is 30.3 Å². The molecule has 0 aliphatic carbocycles. The van der Waals surface area contributed by atoms with E-state index in [1.54, 1.807) is 0 Å². The number of hydrogen-bond donors (Lipinski definition) is 0. The zero-order valence-electron chi connectivity index (χ0n) is 15.3. The van der Waals surface area contributed by atoms with Gasteiger partial charge in [0.1, 0.15) is 0 Å². The fourth-order valence-corrected chi connectivity index (χ4v) is 3.28. The van der Waals surface area contributed by atoms with Crippen molar-refractivity contribution in [3.05, 3.63) is 35.9 Å². The van der Waals surface area contributed by atoms with Crippen LogP contribution in [-0.4, -0.2) is 53.8 Å². The van der Waals surface area contributed by atoms with Gasteiger partial charge < -0.3 is 4.90 Å². The van der Waals surface area contributed by atoms with E-state index in [-0.39, 0.29) is 36.1 Å². The molecule has 1 aliphatic heterocycles. The highest BCUT2D eigenvalue weighted by molar-refractivity contribution is 5.96. The van der Waals surface area contributed by atoms with Gasteiger partial charge in [0.25, 0.3) is 0 Å². The molecule has 5 heteroatoms. The Kier molecular flexibility index (Phi) is 10.1. The summed E-state index contributed by atoms with van der Waals surface area (Å²) in [6.45, 7) is 14.5. The largest absolute Gasteiger partial charge is 0.301 e.